The Kier molecular flexibility index (Phi) is 1.96. The van der Waals surface area contributed by atoms with Crippen molar-refractivity contribution >= 4 is 10.8 Å². The van der Waals surface area contributed by atoms with Crippen molar-refractivity contribution in [3.8, 4) is 11.3 Å². The van der Waals surface area contributed by atoms with E-state index in [4.69, 9.17) is 0 Å². The molecule has 0 radical (unpaired) electrons. The van der Waals surface area contributed by atoms with Crippen LogP contribution in [0.2, 0.25) is 0 Å². The van der Waals surface area contributed by atoms with Crippen molar-refractivity contribution in [2.45, 2.75) is 0 Å². The van der Waals surface area contributed by atoms with Gasteiger partial charge < -0.3 is 0 Å². The Morgan fingerprint density at radius 1 is 1.06 bits per heavy atom. The molecule has 3 nitrogen and oxygen atoms in total. The average molecular weight is 209 g/mol. The number of rotatable bonds is 1. The van der Waals surface area contributed by atoms with Gasteiger partial charge >= 0.3 is 0 Å². The van der Waals surface area contributed by atoms with Crippen LogP contribution in [0.5, 0.6) is 0 Å². The van der Waals surface area contributed by atoms with Crippen molar-refractivity contribution in [3.05, 3.63) is 48.9 Å². The number of hydrogen-bond acceptors (Lipinski definition) is 2. The molecule has 3 aromatic rings. The van der Waals surface area contributed by atoms with Crippen molar-refractivity contribution in [1.82, 2.24) is 14.8 Å². The van der Waals surface area contributed by atoms with Crippen LogP contribution in [0, 0.1) is 0 Å². The van der Waals surface area contributed by atoms with E-state index in [1.165, 1.54) is 5.39 Å². The Morgan fingerprint density at radius 2 is 2.00 bits per heavy atom. The van der Waals surface area contributed by atoms with Gasteiger partial charge in [0.05, 0.1) is 5.69 Å². The third-order valence-corrected chi connectivity index (χ3v) is 2.65. The lowest BCUT2D eigenvalue weighted by atomic mass is 10.1. The molecule has 0 aliphatic carbocycles. The number of hydrogen-bond donors (Lipinski definition) is 0. The molecule has 0 bridgehead atoms. The quantitative estimate of drug-likeness (QED) is 0.616. The van der Waals surface area contributed by atoms with E-state index in [1.807, 2.05) is 42.5 Å². The first-order valence-corrected chi connectivity index (χ1v) is 5.17. The van der Waals surface area contributed by atoms with Gasteiger partial charge in [-0.1, -0.05) is 12.1 Å². The summed E-state index contributed by atoms with van der Waals surface area (Å²) in [6, 6.07) is 10.3. The molecule has 0 N–H and O–H groups in total. The standard InChI is InChI=1S/C13H11N3/c1-16-7-5-13(15-16)11-2-3-12-9-14-6-4-10(12)8-11/h2-9H,1H3. The normalized spacial score (nSPS) is 10.8. The summed E-state index contributed by atoms with van der Waals surface area (Å²) in [6.07, 6.45) is 5.63. The molecule has 0 saturated carbocycles. The fraction of sp³-hybridized carbons (Fsp3) is 0.0769. The van der Waals surface area contributed by atoms with Gasteiger partial charge in [-0.2, -0.15) is 5.10 Å². The summed E-state index contributed by atoms with van der Waals surface area (Å²) in [5, 5.41) is 6.74. The van der Waals surface area contributed by atoms with Crippen LogP contribution in [0.25, 0.3) is 22.0 Å². The summed E-state index contributed by atoms with van der Waals surface area (Å²) in [5.41, 5.74) is 2.14. The summed E-state index contributed by atoms with van der Waals surface area (Å²) in [6.45, 7) is 0. The maximum Gasteiger partial charge on any atom is 0.0923 e. The Balaban J connectivity index is 2.18. The second-order valence-corrected chi connectivity index (χ2v) is 3.81. The van der Waals surface area contributed by atoms with Gasteiger partial charge in [0.25, 0.3) is 0 Å². The van der Waals surface area contributed by atoms with Crippen LogP contribution in [-0.2, 0) is 7.05 Å². The van der Waals surface area contributed by atoms with Crippen molar-refractivity contribution in [2.24, 2.45) is 7.05 Å². The molecule has 2 aromatic heterocycles. The second kappa shape index (κ2) is 3.45. The highest BCUT2D eigenvalue weighted by molar-refractivity contribution is 5.85. The molecule has 0 spiro atoms. The second-order valence-electron chi connectivity index (χ2n) is 3.81. The third-order valence-electron chi connectivity index (χ3n) is 2.65. The largest absolute Gasteiger partial charge is 0.275 e. The lowest BCUT2D eigenvalue weighted by molar-refractivity contribution is 0.771. The van der Waals surface area contributed by atoms with Gasteiger partial charge in [0.15, 0.2) is 0 Å². The van der Waals surface area contributed by atoms with Crippen molar-refractivity contribution in [1.29, 1.82) is 0 Å². The summed E-state index contributed by atoms with van der Waals surface area (Å²) >= 11 is 0. The predicted molar refractivity (Wildman–Crippen MR) is 63.9 cm³/mol. The molecule has 0 aliphatic heterocycles. The molecule has 3 rings (SSSR count). The van der Waals surface area contributed by atoms with Crippen LogP contribution < -0.4 is 0 Å². The Bertz CT molecular complexity index is 640. The molecule has 78 valence electrons. The summed E-state index contributed by atoms with van der Waals surface area (Å²) in [7, 11) is 1.93. The predicted octanol–water partition coefficient (Wildman–Crippen LogP) is 2.64. The zero-order valence-corrected chi connectivity index (χ0v) is 8.96. The van der Waals surface area contributed by atoms with Crippen LogP contribution in [-0.4, -0.2) is 14.8 Å². The van der Waals surface area contributed by atoms with Crippen LogP contribution in [0.4, 0.5) is 0 Å². The van der Waals surface area contributed by atoms with E-state index in [2.05, 4.69) is 28.3 Å². The third kappa shape index (κ3) is 1.46. The fourth-order valence-corrected chi connectivity index (χ4v) is 1.81. The van der Waals surface area contributed by atoms with Crippen molar-refractivity contribution in [2.75, 3.05) is 0 Å². The first-order valence-electron chi connectivity index (χ1n) is 5.17. The van der Waals surface area contributed by atoms with E-state index in [9.17, 15) is 0 Å². The minimum Gasteiger partial charge on any atom is -0.275 e. The van der Waals surface area contributed by atoms with Gasteiger partial charge in [0.1, 0.15) is 0 Å². The fourth-order valence-electron chi connectivity index (χ4n) is 1.81. The van der Waals surface area contributed by atoms with Gasteiger partial charge in [0.2, 0.25) is 0 Å². The van der Waals surface area contributed by atoms with E-state index in [0.29, 0.717) is 0 Å². The molecule has 0 amide bonds. The van der Waals surface area contributed by atoms with Crippen LogP contribution in [0.15, 0.2) is 48.9 Å². The minimum atomic E-state index is 1.00. The topological polar surface area (TPSA) is 30.7 Å². The number of benzene rings is 1. The number of nitrogens with zero attached hydrogens (tertiary/aromatic N) is 3. The van der Waals surface area contributed by atoms with Crippen LogP contribution in [0.1, 0.15) is 0 Å². The molecule has 1 aromatic carbocycles. The van der Waals surface area contributed by atoms with Crippen LogP contribution in [0.3, 0.4) is 0 Å². The SMILES string of the molecule is Cn1ccc(-c2ccc3cnccc3c2)n1. The van der Waals surface area contributed by atoms with E-state index in [0.717, 1.165) is 16.6 Å². The van der Waals surface area contributed by atoms with Gasteiger partial charge in [0, 0.05) is 36.6 Å². The molecule has 16 heavy (non-hydrogen) atoms. The van der Waals surface area contributed by atoms with E-state index < -0.39 is 0 Å². The highest BCUT2D eigenvalue weighted by atomic mass is 15.2. The summed E-state index contributed by atoms with van der Waals surface area (Å²) in [5.74, 6) is 0. The highest BCUT2D eigenvalue weighted by Crippen LogP contribution is 2.22. The molecular weight excluding hydrogens is 198 g/mol. The number of pyridine rings is 1. The Hall–Kier alpha value is -2.16. The molecule has 3 heteroatoms. The lowest BCUT2D eigenvalue weighted by Gasteiger charge is -2.00. The average Bonchev–Trinajstić information content (AvgIpc) is 2.75. The first-order chi connectivity index (χ1) is 7.83. The monoisotopic (exact) mass is 209 g/mol. The number of aromatic nitrogens is 3. The van der Waals surface area contributed by atoms with Gasteiger partial charge in [-0.3, -0.25) is 9.67 Å². The molecule has 0 aliphatic rings. The maximum atomic E-state index is 4.39. The Morgan fingerprint density at radius 3 is 2.81 bits per heavy atom. The molecule has 0 saturated heterocycles. The Labute approximate surface area is 93.4 Å². The maximum absolute atomic E-state index is 4.39. The van der Waals surface area contributed by atoms with E-state index in [-0.39, 0.29) is 0 Å². The molecule has 0 unspecified atom stereocenters. The van der Waals surface area contributed by atoms with E-state index in [1.54, 1.807) is 0 Å². The van der Waals surface area contributed by atoms with Crippen molar-refractivity contribution < 1.29 is 0 Å². The molecular formula is C13H11N3. The van der Waals surface area contributed by atoms with E-state index >= 15 is 0 Å². The van der Waals surface area contributed by atoms with Gasteiger partial charge in [-0.25, -0.2) is 0 Å². The molecule has 2 heterocycles. The lowest BCUT2D eigenvalue weighted by Crippen LogP contribution is -1.87. The zero-order chi connectivity index (χ0) is 11.0. The minimum absolute atomic E-state index is 1.00. The molecule has 0 fully saturated rings. The smallest absolute Gasteiger partial charge is 0.0923 e. The van der Waals surface area contributed by atoms with Crippen molar-refractivity contribution in [3.63, 3.8) is 0 Å². The number of fused-ring (bicyclic) bond motifs is 1. The van der Waals surface area contributed by atoms with Gasteiger partial charge in [-0.05, 0) is 23.6 Å². The highest BCUT2D eigenvalue weighted by Gasteiger charge is 2.01. The van der Waals surface area contributed by atoms with Gasteiger partial charge in [-0.15, -0.1) is 0 Å². The summed E-state index contributed by atoms with van der Waals surface area (Å²) < 4.78 is 1.81. The summed E-state index contributed by atoms with van der Waals surface area (Å²) in [4.78, 5) is 4.10. The van der Waals surface area contributed by atoms with Crippen LogP contribution >= 0.6 is 0 Å². The first kappa shape index (κ1) is 9.09. The zero-order valence-electron chi connectivity index (χ0n) is 8.96. The number of aryl methyl sites for hydroxylation is 1. The molecule has 0 atom stereocenters.